The standard InChI is InChI=1S/C9H20ClO4P/c1-4-7-8-12-14-15(11,13-10)9(5-2)6-3/h9H,4-8H2,1-3H3. The lowest BCUT2D eigenvalue weighted by Gasteiger charge is -2.20. The van der Waals surface area contributed by atoms with Gasteiger partial charge in [0.25, 0.3) is 0 Å². The Morgan fingerprint density at radius 1 is 1.27 bits per heavy atom. The van der Waals surface area contributed by atoms with Crippen LogP contribution in [-0.2, 0) is 18.2 Å². The normalized spacial score (nSPS) is 15.5. The highest BCUT2D eigenvalue weighted by Crippen LogP contribution is 2.56. The Kier molecular flexibility index (Phi) is 8.77. The second kappa shape index (κ2) is 8.54. The van der Waals surface area contributed by atoms with Crippen molar-refractivity contribution in [2.45, 2.75) is 52.1 Å². The predicted octanol–water partition coefficient (Wildman–Crippen LogP) is 4.29. The Morgan fingerprint density at radius 2 is 1.87 bits per heavy atom. The summed E-state index contributed by atoms with van der Waals surface area (Å²) in [5.74, 6) is 0. The van der Waals surface area contributed by atoms with Gasteiger partial charge in [-0.3, -0.25) is 4.57 Å². The fraction of sp³-hybridized carbons (Fsp3) is 1.00. The molecule has 0 aromatic rings. The quantitative estimate of drug-likeness (QED) is 0.268. The van der Waals surface area contributed by atoms with E-state index in [4.69, 9.17) is 21.4 Å². The van der Waals surface area contributed by atoms with Crippen LogP contribution in [0.3, 0.4) is 0 Å². The second-order valence-corrected chi connectivity index (χ2v) is 5.84. The number of hydrogen-bond donors (Lipinski definition) is 0. The fourth-order valence-corrected chi connectivity index (χ4v) is 2.96. The van der Waals surface area contributed by atoms with Crippen LogP contribution in [0.5, 0.6) is 0 Å². The molecule has 0 aliphatic rings. The van der Waals surface area contributed by atoms with Gasteiger partial charge < -0.3 is 0 Å². The molecule has 0 bridgehead atoms. The highest BCUT2D eigenvalue weighted by atomic mass is 35.5. The van der Waals surface area contributed by atoms with Crippen molar-refractivity contribution in [2.24, 2.45) is 0 Å². The Bertz CT molecular complexity index is 197. The van der Waals surface area contributed by atoms with Gasteiger partial charge in [-0.1, -0.05) is 27.2 Å². The molecule has 0 amide bonds. The van der Waals surface area contributed by atoms with E-state index in [1.807, 2.05) is 20.8 Å². The highest BCUT2D eigenvalue weighted by molar-refractivity contribution is 7.55. The maximum atomic E-state index is 12.0. The molecule has 15 heavy (non-hydrogen) atoms. The molecule has 0 N–H and O–H groups in total. The summed E-state index contributed by atoms with van der Waals surface area (Å²) in [6.07, 6.45) is 3.20. The summed E-state index contributed by atoms with van der Waals surface area (Å²) in [5.41, 5.74) is -0.211. The van der Waals surface area contributed by atoms with Crippen LogP contribution in [0, 0.1) is 0 Å². The molecule has 0 spiro atoms. The first-order valence-corrected chi connectivity index (χ1v) is 7.27. The van der Waals surface area contributed by atoms with E-state index in [1.165, 1.54) is 0 Å². The van der Waals surface area contributed by atoms with Crippen molar-refractivity contribution in [1.29, 1.82) is 0 Å². The molecular formula is C9H20ClO4P. The molecule has 0 heterocycles. The van der Waals surface area contributed by atoms with Crippen LogP contribution in [-0.4, -0.2) is 12.3 Å². The number of hydrogen-bond acceptors (Lipinski definition) is 4. The molecule has 1 atom stereocenters. The van der Waals surface area contributed by atoms with Crippen molar-refractivity contribution in [3.63, 3.8) is 0 Å². The van der Waals surface area contributed by atoms with Crippen molar-refractivity contribution in [1.82, 2.24) is 0 Å². The minimum Gasteiger partial charge on any atom is -0.256 e. The summed E-state index contributed by atoms with van der Waals surface area (Å²) in [6, 6.07) is 0. The molecule has 0 aromatic heterocycles. The van der Waals surface area contributed by atoms with Gasteiger partial charge in [0.15, 0.2) is 0 Å². The first-order chi connectivity index (χ1) is 7.14. The molecule has 0 aliphatic heterocycles. The van der Waals surface area contributed by atoms with Gasteiger partial charge in [0.2, 0.25) is 0 Å². The van der Waals surface area contributed by atoms with E-state index in [9.17, 15) is 4.57 Å². The van der Waals surface area contributed by atoms with Crippen LogP contribution < -0.4 is 0 Å². The Morgan fingerprint density at radius 3 is 2.27 bits per heavy atom. The Hall–Kier alpha value is 0.400. The zero-order chi connectivity index (χ0) is 11.7. The molecule has 0 rings (SSSR count). The maximum Gasteiger partial charge on any atom is 0.376 e. The summed E-state index contributed by atoms with van der Waals surface area (Å²) in [4.78, 5) is 4.84. The molecule has 0 fully saturated rings. The third-order valence-electron chi connectivity index (χ3n) is 2.22. The molecule has 0 aromatic carbocycles. The molecular weight excluding hydrogens is 239 g/mol. The van der Waals surface area contributed by atoms with Crippen LogP contribution in [0.4, 0.5) is 0 Å². The van der Waals surface area contributed by atoms with Crippen molar-refractivity contribution >= 4 is 19.5 Å². The minimum atomic E-state index is -3.31. The summed E-state index contributed by atoms with van der Waals surface area (Å²) >= 11 is 5.21. The number of rotatable bonds is 9. The van der Waals surface area contributed by atoms with Gasteiger partial charge in [0.05, 0.1) is 24.1 Å². The predicted molar refractivity (Wildman–Crippen MR) is 60.9 cm³/mol. The van der Waals surface area contributed by atoms with Crippen LogP contribution >= 0.6 is 19.5 Å². The maximum absolute atomic E-state index is 12.0. The van der Waals surface area contributed by atoms with Crippen LogP contribution in [0.1, 0.15) is 46.5 Å². The van der Waals surface area contributed by atoms with Crippen molar-refractivity contribution < 1.29 is 18.2 Å². The van der Waals surface area contributed by atoms with E-state index >= 15 is 0 Å². The Balaban J connectivity index is 4.11. The zero-order valence-corrected chi connectivity index (χ0v) is 11.2. The summed E-state index contributed by atoms with van der Waals surface area (Å²) in [6.45, 7) is 6.25. The fourth-order valence-electron chi connectivity index (χ4n) is 1.18. The van der Waals surface area contributed by atoms with Crippen molar-refractivity contribution in [2.75, 3.05) is 6.61 Å². The lowest BCUT2D eigenvalue weighted by atomic mass is 10.3. The average Bonchev–Trinajstić information content (AvgIpc) is 2.26. The van der Waals surface area contributed by atoms with E-state index in [-0.39, 0.29) is 5.66 Å². The summed E-state index contributed by atoms with van der Waals surface area (Å²) in [7, 11) is -3.31. The van der Waals surface area contributed by atoms with Crippen molar-refractivity contribution in [3.8, 4) is 0 Å². The second-order valence-electron chi connectivity index (χ2n) is 3.33. The largest absolute Gasteiger partial charge is 0.376 e. The van der Waals surface area contributed by atoms with Crippen LogP contribution in [0.2, 0.25) is 0 Å². The summed E-state index contributed by atoms with van der Waals surface area (Å²) < 4.78 is 21.3. The molecule has 4 nitrogen and oxygen atoms in total. The first-order valence-electron chi connectivity index (χ1n) is 5.35. The number of unbranched alkanes of at least 4 members (excludes halogenated alkanes) is 1. The third kappa shape index (κ3) is 5.32. The molecule has 0 radical (unpaired) electrons. The van der Waals surface area contributed by atoms with Crippen LogP contribution in [0.25, 0.3) is 0 Å². The van der Waals surface area contributed by atoms with Gasteiger partial charge in [-0.05, 0) is 19.3 Å². The SMILES string of the molecule is CCCCOOP(=O)(OCl)C(CC)CC. The van der Waals surface area contributed by atoms with Crippen molar-refractivity contribution in [3.05, 3.63) is 0 Å². The molecule has 92 valence electrons. The monoisotopic (exact) mass is 258 g/mol. The van der Waals surface area contributed by atoms with Gasteiger partial charge in [-0.15, -0.1) is 4.67 Å². The highest BCUT2D eigenvalue weighted by Gasteiger charge is 2.35. The molecule has 6 heteroatoms. The molecule has 0 aliphatic carbocycles. The molecule has 1 unspecified atom stereocenters. The lowest BCUT2D eigenvalue weighted by molar-refractivity contribution is -0.213. The van der Waals surface area contributed by atoms with E-state index < -0.39 is 7.60 Å². The summed E-state index contributed by atoms with van der Waals surface area (Å²) in [5, 5.41) is 0. The topological polar surface area (TPSA) is 44.8 Å². The Labute approximate surface area is 96.9 Å². The third-order valence-corrected chi connectivity index (χ3v) is 4.93. The van der Waals surface area contributed by atoms with E-state index in [0.717, 1.165) is 12.8 Å². The lowest BCUT2D eigenvalue weighted by Crippen LogP contribution is -2.09. The average molecular weight is 259 g/mol. The van der Waals surface area contributed by atoms with Gasteiger partial charge in [0, 0.05) is 0 Å². The van der Waals surface area contributed by atoms with Gasteiger partial charge in [-0.25, -0.2) is 4.89 Å². The molecule has 0 saturated heterocycles. The smallest absolute Gasteiger partial charge is 0.256 e. The first kappa shape index (κ1) is 15.4. The van der Waals surface area contributed by atoms with E-state index in [0.29, 0.717) is 19.4 Å². The number of halogens is 1. The van der Waals surface area contributed by atoms with E-state index in [2.05, 4.69) is 4.08 Å². The van der Waals surface area contributed by atoms with Gasteiger partial charge in [0.1, 0.15) is 0 Å². The van der Waals surface area contributed by atoms with E-state index in [1.54, 1.807) is 0 Å². The van der Waals surface area contributed by atoms with Gasteiger partial charge in [-0.2, -0.15) is 4.08 Å². The minimum absolute atomic E-state index is 0.211. The zero-order valence-electron chi connectivity index (χ0n) is 9.57. The molecule has 0 saturated carbocycles. The van der Waals surface area contributed by atoms with Gasteiger partial charge >= 0.3 is 7.60 Å². The van der Waals surface area contributed by atoms with Crippen LogP contribution in [0.15, 0.2) is 0 Å².